The molecule has 0 fully saturated rings. The molecule has 1 aromatic carbocycles. The fraction of sp³-hybridized carbons (Fsp3) is 0.400. The van der Waals surface area contributed by atoms with Crippen LogP contribution in [0.3, 0.4) is 0 Å². The van der Waals surface area contributed by atoms with E-state index in [1.807, 2.05) is 32.0 Å². The van der Waals surface area contributed by atoms with Gasteiger partial charge in [0.2, 0.25) is 10.0 Å². The largest absolute Gasteiger partial charge is 0.284 e. The summed E-state index contributed by atoms with van der Waals surface area (Å²) < 4.78 is 24.6. The highest BCUT2D eigenvalue weighted by Gasteiger charge is 2.04. The van der Waals surface area contributed by atoms with Crippen molar-refractivity contribution in [2.24, 2.45) is 0 Å². The minimum atomic E-state index is -3.17. The van der Waals surface area contributed by atoms with Gasteiger partial charge in [0, 0.05) is 0 Å². The first-order valence-electron chi connectivity index (χ1n) is 4.49. The summed E-state index contributed by atoms with van der Waals surface area (Å²) >= 11 is 0. The lowest BCUT2D eigenvalue weighted by Gasteiger charge is -2.08. The zero-order chi connectivity index (χ0) is 10.8. The Balaban J connectivity index is 3.07. The number of benzene rings is 1. The van der Waals surface area contributed by atoms with Gasteiger partial charge in [0.15, 0.2) is 0 Å². The molecule has 0 saturated carbocycles. The van der Waals surface area contributed by atoms with Crippen molar-refractivity contribution >= 4 is 15.7 Å². The molecule has 1 rings (SSSR count). The number of anilines is 1. The zero-order valence-corrected chi connectivity index (χ0v) is 9.48. The SMILES string of the molecule is CCc1ccc(C)c(NS(C)(=O)=O)c1. The molecule has 0 spiro atoms. The minimum Gasteiger partial charge on any atom is -0.284 e. The molecule has 0 heterocycles. The second-order valence-electron chi connectivity index (χ2n) is 3.38. The molecule has 0 atom stereocenters. The van der Waals surface area contributed by atoms with E-state index in [0.29, 0.717) is 5.69 Å². The molecule has 0 aliphatic rings. The maximum absolute atomic E-state index is 11.0. The van der Waals surface area contributed by atoms with E-state index in [-0.39, 0.29) is 0 Å². The van der Waals surface area contributed by atoms with Crippen LogP contribution in [0.1, 0.15) is 18.1 Å². The number of hydrogen-bond acceptors (Lipinski definition) is 2. The maximum Gasteiger partial charge on any atom is 0.229 e. The van der Waals surface area contributed by atoms with E-state index in [2.05, 4.69) is 4.72 Å². The molecule has 0 amide bonds. The van der Waals surface area contributed by atoms with E-state index in [0.717, 1.165) is 23.8 Å². The summed E-state index contributed by atoms with van der Waals surface area (Å²) in [5.74, 6) is 0. The van der Waals surface area contributed by atoms with Crippen LogP contribution in [0.2, 0.25) is 0 Å². The van der Waals surface area contributed by atoms with Gasteiger partial charge in [-0.1, -0.05) is 19.1 Å². The summed E-state index contributed by atoms with van der Waals surface area (Å²) in [6.07, 6.45) is 2.06. The molecular weight excluding hydrogens is 198 g/mol. The van der Waals surface area contributed by atoms with Crippen molar-refractivity contribution < 1.29 is 8.42 Å². The Bertz CT molecular complexity index is 424. The molecule has 78 valence electrons. The van der Waals surface area contributed by atoms with Gasteiger partial charge in [-0.05, 0) is 30.5 Å². The first-order valence-corrected chi connectivity index (χ1v) is 6.39. The smallest absolute Gasteiger partial charge is 0.229 e. The number of aryl methyl sites for hydroxylation is 2. The third kappa shape index (κ3) is 3.03. The number of sulfonamides is 1. The van der Waals surface area contributed by atoms with Crippen LogP contribution in [0.25, 0.3) is 0 Å². The van der Waals surface area contributed by atoms with Gasteiger partial charge >= 0.3 is 0 Å². The lowest BCUT2D eigenvalue weighted by Crippen LogP contribution is -2.10. The van der Waals surface area contributed by atoms with Crippen LogP contribution in [-0.4, -0.2) is 14.7 Å². The first-order chi connectivity index (χ1) is 6.42. The Morgan fingerprint density at radius 2 is 2.00 bits per heavy atom. The number of rotatable bonds is 3. The van der Waals surface area contributed by atoms with Crippen LogP contribution in [0.15, 0.2) is 18.2 Å². The van der Waals surface area contributed by atoms with Crippen molar-refractivity contribution in [3.05, 3.63) is 29.3 Å². The molecule has 3 nitrogen and oxygen atoms in total. The second-order valence-corrected chi connectivity index (χ2v) is 5.13. The molecule has 0 radical (unpaired) electrons. The Labute approximate surface area is 85.2 Å². The highest BCUT2D eigenvalue weighted by molar-refractivity contribution is 7.92. The summed E-state index contributed by atoms with van der Waals surface area (Å²) in [7, 11) is -3.17. The molecule has 4 heteroatoms. The summed E-state index contributed by atoms with van der Waals surface area (Å²) in [6, 6.07) is 5.80. The van der Waals surface area contributed by atoms with Crippen LogP contribution in [0, 0.1) is 6.92 Å². The molecule has 0 aromatic heterocycles. The van der Waals surface area contributed by atoms with Gasteiger partial charge in [-0.2, -0.15) is 0 Å². The third-order valence-corrected chi connectivity index (χ3v) is 2.60. The van der Waals surface area contributed by atoms with Crippen LogP contribution >= 0.6 is 0 Å². The van der Waals surface area contributed by atoms with Crippen molar-refractivity contribution in [1.29, 1.82) is 0 Å². The van der Waals surface area contributed by atoms with E-state index < -0.39 is 10.0 Å². The molecular formula is C10H15NO2S. The predicted octanol–water partition coefficient (Wildman–Crippen LogP) is 1.93. The quantitative estimate of drug-likeness (QED) is 0.834. The monoisotopic (exact) mass is 213 g/mol. The molecule has 0 saturated heterocycles. The summed E-state index contributed by atoms with van der Waals surface area (Å²) in [4.78, 5) is 0. The number of hydrogen-bond donors (Lipinski definition) is 1. The van der Waals surface area contributed by atoms with Crippen molar-refractivity contribution in [2.75, 3.05) is 11.0 Å². The van der Waals surface area contributed by atoms with Crippen molar-refractivity contribution in [1.82, 2.24) is 0 Å². The van der Waals surface area contributed by atoms with Crippen LogP contribution in [0.5, 0.6) is 0 Å². The van der Waals surface area contributed by atoms with Gasteiger partial charge in [0.05, 0.1) is 11.9 Å². The Hall–Kier alpha value is -1.03. The highest BCUT2D eigenvalue weighted by atomic mass is 32.2. The molecule has 1 N–H and O–H groups in total. The molecule has 1 aromatic rings. The van der Waals surface area contributed by atoms with Crippen LogP contribution < -0.4 is 4.72 Å². The van der Waals surface area contributed by atoms with Crippen molar-refractivity contribution in [2.45, 2.75) is 20.3 Å². The Morgan fingerprint density at radius 1 is 1.36 bits per heavy atom. The molecule has 0 aliphatic carbocycles. The van der Waals surface area contributed by atoms with Crippen LogP contribution in [-0.2, 0) is 16.4 Å². The topological polar surface area (TPSA) is 46.2 Å². The normalized spacial score (nSPS) is 11.4. The van der Waals surface area contributed by atoms with E-state index in [9.17, 15) is 8.42 Å². The summed E-state index contributed by atoms with van der Waals surface area (Å²) in [5.41, 5.74) is 2.74. The zero-order valence-electron chi connectivity index (χ0n) is 8.66. The average molecular weight is 213 g/mol. The van der Waals surface area contributed by atoms with E-state index in [1.54, 1.807) is 0 Å². The van der Waals surface area contributed by atoms with Gasteiger partial charge in [0.1, 0.15) is 0 Å². The third-order valence-electron chi connectivity index (χ3n) is 2.01. The second kappa shape index (κ2) is 4.00. The van der Waals surface area contributed by atoms with Crippen molar-refractivity contribution in [3.8, 4) is 0 Å². The summed E-state index contributed by atoms with van der Waals surface area (Å²) in [6.45, 7) is 3.92. The van der Waals surface area contributed by atoms with Gasteiger partial charge in [0.25, 0.3) is 0 Å². The predicted molar refractivity (Wildman–Crippen MR) is 59.0 cm³/mol. The van der Waals surface area contributed by atoms with E-state index in [1.165, 1.54) is 0 Å². The maximum atomic E-state index is 11.0. The van der Waals surface area contributed by atoms with Crippen molar-refractivity contribution in [3.63, 3.8) is 0 Å². The molecule has 14 heavy (non-hydrogen) atoms. The van der Waals surface area contributed by atoms with Crippen LogP contribution in [0.4, 0.5) is 5.69 Å². The Morgan fingerprint density at radius 3 is 2.50 bits per heavy atom. The first kappa shape index (κ1) is 11.0. The van der Waals surface area contributed by atoms with E-state index in [4.69, 9.17) is 0 Å². The molecule has 0 bridgehead atoms. The summed E-state index contributed by atoms with van der Waals surface area (Å²) in [5, 5.41) is 0. The standard InChI is InChI=1S/C10H15NO2S/c1-4-9-6-5-8(2)10(7-9)11-14(3,12)13/h5-7,11H,4H2,1-3H3. The van der Waals surface area contributed by atoms with Gasteiger partial charge in [-0.3, -0.25) is 4.72 Å². The van der Waals surface area contributed by atoms with Gasteiger partial charge in [-0.25, -0.2) is 8.42 Å². The number of nitrogens with one attached hydrogen (secondary N) is 1. The van der Waals surface area contributed by atoms with E-state index >= 15 is 0 Å². The minimum absolute atomic E-state index is 0.673. The fourth-order valence-corrected chi connectivity index (χ4v) is 1.82. The molecule has 0 unspecified atom stereocenters. The lowest BCUT2D eigenvalue weighted by molar-refractivity contribution is 0.607. The average Bonchev–Trinajstić information content (AvgIpc) is 2.06. The lowest BCUT2D eigenvalue weighted by atomic mass is 10.1. The molecule has 0 aliphatic heterocycles. The fourth-order valence-electron chi connectivity index (χ4n) is 1.20. The van der Waals surface area contributed by atoms with Gasteiger partial charge < -0.3 is 0 Å². The Kier molecular flexibility index (Phi) is 3.16. The van der Waals surface area contributed by atoms with Gasteiger partial charge in [-0.15, -0.1) is 0 Å². The highest BCUT2D eigenvalue weighted by Crippen LogP contribution is 2.18.